The minimum absolute atomic E-state index is 0.00146. The first kappa shape index (κ1) is 27.1. The molecule has 194 valence electrons. The lowest BCUT2D eigenvalue weighted by Gasteiger charge is -2.20. The fraction of sp³-hybridized carbons (Fsp3) is 0.381. The molecule has 0 radical (unpaired) electrons. The second-order valence-corrected chi connectivity index (χ2v) is 8.52. The molecule has 3 unspecified atom stereocenters. The van der Waals surface area contributed by atoms with Gasteiger partial charge in [-0.15, -0.1) is 0 Å². The van der Waals surface area contributed by atoms with Gasteiger partial charge in [-0.3, -0.25) is 9.36 Å². The molecule has 2 heterocycles. The Bertz CT molecular complexity index is 1180. The number of alkyl halides is 2. The maximum atomic E-state index is 14.7. The van der Waals surface area contributed by atoms with Crippen molar-refractivity contribution in [1.82, 2.24) is 14.6 Å². The fourth-order valence-corrected chi connectivity index (χ4v) is 3.92. The molecule has 1 aromatic carbocycles. The van der Waals surface area contributed by atoms with Crippen LogP contribution in [-0.4, -0.2) is 58.0 Å². The number of nitrogen functional groups attached to an aromatic ring is 1. The van der Waals surface area contributed by atoms with Gasteiger partial charge in [0.15, 0.2) is 11.9 Å². The maximum Gasteiger partial charge on any atom is 0.664 e. The van der Waals surface area contributed by atoms with E-state index in [0.717, 1.165) is 12.3 Å². The molecular weight excluding hydrogens is 505 g/mol. The number of aromatic nitrogens is 2. The van der Waals surface area contributed by atoms with Crippen LogP contribution in [0.1, 0.15) is 13.2 Å². The summed E-state index contributed by atoms with van der Waals surface area (Å²) >= 11 is 0. The summed E-state index contributed by atoms with van der Waals surface area (Å²) in [5, 5.41) is 12.6. The summed E-state index contributed by atoms with van der Waals surface area (Å²) in [4.78, 5) is 27.2. The predicted molar refractivity (Wildman–Crippen MR) is 122 cm³/mol. The van der Waals surface area contributed by atoms with Crippen molar-refractivity contribution in [2.24, 2.45) is 0 Å². The number of benzene rings is 1. The monoisotopic (exact) mass is 529 g/mol. The summed E-state index contributed by atoms with van der Waals surface area (Å²) in [5.41, 5.74) is 4.31. The van der Waals surface area contributed by atoms with Crippen molar-refractivity contribution in [1.29, 1.82) is 0 Å². The smallest absolute Gasteiger partial charge is 0.487 e. The second kappa shape index (κ2) is 11.5. The number of aliphatic hydroxyl groups is 1. The van der Waals surface area contributed by atoms with E-state index in [-0.39, 0.29) is 23.9 Å². The third kappa shape index (κ3) is 6.21. The molecule has 0 amide bonds. The van der Waals surface area contributed by atoms with Gasteiger partial charge in [0.2, 0.25) is 12.0 Å². The van der Waals surface area contributed by atoms with Crippen LogP contribution >= 0.6 is 8.18 Å². The first-order chi connectivity index (χ1) is 17.0. The second-order valence-electron chi connectivity index (χ2n) is 7.56. The molecule has 0 aliphatic carbocycles. The molecule has 0 saturated carbocycles. The van der Waals surface area contributed by atoms with Crippen molar-refractivity contribution in [3.8, 4) is 11.5 Å². The van der Waals surface area contributed by atoms with Gasteiger partial charge in [0.1, 0.15) is 31.2 Å². The van der Waals surface area contributed by atoms with Gasteiger partial charge in [0.05, 0.1) is 0 Å². The van der Waals surface area contributed by atoms with Gasteiger partial charge in [-0.05, 0) is 25.1 Å². The molecule has 4 N–H and O–H groups in total. The van der Waals surface area contributed by atoms with Crippen LogP contribution in [-0.2, 0) is 18.8 Å². The van der Waals surface area contributed by atoms with E-state index in [1.807, 2.05) is 0 Å². The SMILES string of the molecule is C=CCOC(=O)C(C)N[P+](=O)Oc1ccccc1OC[C@H]1OC(n2ccc(N)nc2=O)C(F)(F)[C@@H]1O. The average molecular weight is 529 g/mol. The zero-order valence-electron chi connectivity index (χ0n) is 19.0. The summed E-state index contributed by atoms with van der Waals surface area (Å²) in [6.07, 6.45) is -3.65. The number of halogens is 2. The van der Waals surface area contributed by atoms with Gasteiger partial charge in [0.25, 0.3) is 0 Å². The van der Waals surface area contributed by atoms with Gasteiger partial charge in [-0.1, -0.05) is 29.9 Å². The van der Waals surface area contributed by atoms with Crippen molar-refractivity contribution in [3.05, 3.63) is 59.7 Å². The number of rotatable bonds is 11. The van der Waals surface area contributed by atoms with Crippen LogP contribution in [0.2, 0.25) is 0 Å². The topological polar surface area (TPSA) is 164 Å². The van der Waals surface area contributed by atoms with E-state index in [0.29, 0.717) is 4.57 Å². The Morgan fingerprint density at radius 3 is 2.78 bits per heavy atom. The Morgan fingerprint density at radius 2 is 2.11 bits per heavy atom. The molecule has 1 aliphatic rings. The van der Waals surface area contributed by atoms with E-state index in [9.17, 15) is 28.0 Å². The average Bonchev–Trinajstić information content (AvgIpc) is 3.05. The fourth-order valence-electron chi connectivity index (χ4n) is 3.12. The summed E-state index contributed by atoms with van der Waals surface area (Å²) in [5.74, 6) is -4.73. The minimum Gasteiger partial charge on any atom is -0.487 e. The first-order valence-corrected chi connectivity index (χ1v) is 11.7. The Kier molecular flexibility index (Phi) is 8.69. The van der Waals surface area contributed by atoms with Gasteiger partial charge >= 0.3 is 25.8 Å². The van der Waals surface area contributed by atoms with Gasteiger partial charge in [-0.25, -0.2) is 9.32 Å². The Balaban J connectivity index is 1.65. The van der Waals surface area contributed by atoms with Crippen LogP contribution in [0.4, 0.5) is 14.6 Å². The highest BCUT2D eigenvalue weighted by atomic mass is 31.1. The van der Waals surface area contributed by atoms with Crippen LogP contribution < -0.4 is 25.8 Å². The molecule has 12 nitrogen and oxygen atoms in total. The maximum absolute atomic E-state index is 14.7. The summed E-state index contributed by atoms with van der Waals surface area (Å²) in [6.45, 7) is 4.25. The van der Waals surface area contributed by atoms with E-state index in [1.165, 1.54) is 25.1 Å². The van der Waals surface area contributed by atoms with Gasteiger partial charge in [0, 0.05) is 10.8 Å². The quantitative estimate of drug-likeness (QED) is 0.220. The number of ether oxygens (including phenoxy) is 3. The molecule has 1 aromatic heterocycles. The molecule has 36 heavy (non-hydrogen) atoms. The van der Waals surface area contributed by atoms with Gasteiger partial charge < -0.3 is 25.1 Å². The van der Waals surface area contributed by atoms with Crippen molar-refractivity contribution >= 4 is 20.0 Å². The molecule has 2 aromatic rings. The normalized spacial score (nSPS) is 21.9. The summed E-state index contributed by atoms with van der Waals surface area (Å²) < 4.78 is 63.1. The number of nitrogens with two attached hydrogens (primary N) is 1. The van der Waals surface area contributed by atoms with Gasteiger partial charge in [-0.2, -0.15) is 13.8 Å². The van der Waals surface area contributed by atoms with Crippen molar-refractivity contribution in [3.63, 3.8) is 0 Å². The number of nitrogens with one attached hydrogen (secondary N) is 1. The molecule has 1 fully saturated rings. The van der Waals surface area contributed by atoms with Crippen molar-refractivity contribution in [2.45, 2.75) is 37.3 Å². The number of aliphatic hydroxyl groups excluding tert-OH is 1. The zero-order chi connectivity index (χ0) is 26.5. The highest BCUT2D eigenvalue weighted by Crippen LogP contribution is 2.42. The third-order valence-corrected chi connectivity index (χ3v) is 5.87. The number of hydrogen-bond donors (Lipinski definition) is 3. The van der Waals surface area contributed by atoms with E-state index in [2.05, 4.69) is 16.7 Å². The number of para-hydroxylation sites is 2. The Hall–Kier alpha value is -3.45. The molecule has 5 atom stereocenters. The summed E-state index contributed by atoms with van der Waals surface area (Å²) in [6, 6.07) is 6.06. The molecule has 1 saturated heterocycles. The largest absolute Gasteiger partial charge is 0.664 e. The number of nitrogens with zero attached hydrogens (tertiary/aromatic N) is 2. The number of hydrogen-bond acceptors (Lipinski definition) is 10. The number of carbonyl (C=O) groups excluding carboxylic acids is 1. The van der Waals surface area contributed by atoms with Crippen molar-refractivity contribution < 1.29 is 42.0 Å². The van der Waals surface area contributed by atoms with Crippen LogP contribution in [0.25, 0.3) is 0 Å². The standard InChI is InChI=1S/C21H23F2N4O8P/c1-3-10-32-18(29)12(2)26-36(31)35-14-7-5-4-6-13(14)33-11-15-17(28)21(22,23)19(34-15)27-9-8-16(24)25-20(27)30/h3-9,12,15,17,19,28H,1,10-11H2,2H3,(H2-,24,25,26,30,31)/p+1/t12?,15-,17-,19?/m1/s1. The molecular formula is C21H24F2N4O8P+. The predicted octanol–water partition coefficient (Wildman–Crippen LogP) is 1.54. The van der Waals surface area contributed by atoms with E-state index < -0.39 is 56.8 Å². The Labute approximate surface area is 204 Å². The molecule has 0 bridgehead atoms. The van der Waals surface area contributed by atoms with Crippen LogP contribution in [0.5, 0.6) is 11.5 Å². The number of anilines is 1. The lowest BCUT2D eigenvalue weighted by molar-refractivity contribution is -0.143. The minimum atomic E-state index is -3.85. The molecule has 0 spiro atoms. The van der Waals surface area contributed by atoms with Crippen LogP contribution in [0.3, 0.4) is 0 Å². The first-order valence-electron chi connectivity index (χ1n) is 10.5. The molecule has 1 aliphatic heterocycles. The van der Waals surface area contributed by atoms with Crippen molar-refractivity contribution in [2.75, 3.05) is 18.9 Å². The zero-order valence-corrected chi connectivity index (χ0v) is 19.8. The van der Waals surface area contributed by atoms with E-state index in [4.69, 9.17) is 24.5 Å². The lowest BCUT2D eigenvalue weighted by Crippen LogP contribution is -2.42. The summed E-state index contributed by atoms with van der Waals surface area (Å²) in [7, 11) is -2.61. The highest BCUT2D eigenvalue weighted by Gasteiger charge is 2.60. The van der Waals surface area contributed by atoms with Crippen LogP contribution in [0.15, 0.2) is 54.0 Å². The number of carbonyl (C=O) groups is 1. The lowest BCUT2D eigenvalue weighted by atomic mass is 10.1. The Morgan fingerprint density at radius 1 is 1.42 bits per heavy atom. The highest BCUT2D eigenvalue weighted by molar-refractivity contribution is 7.37. The van der Waals surface area contributed by atoms with E-state index in [1.54, 1.807) is 12.1 Å². The third-order valence-electron chi connectivity index (χ3n) is 4.91. The molecule has 3 rings (SSSR count). The number of esters is 1. The molecule has 15 heteroatoms. The van der Waals surface area contributed by atoms with Crippen LogP contribution in [0, 0.1) is 0 Å². The van der Waals surface area contributed by atoms with E-state index >= 15 is 0 Å².